The second-order valence-corrected chi connectivity index (χ2v) is 5.00. The molecule has 0 aliphatic carbocycles. The van der Waals surface area contributed by atoms with Crippen molar-refractivity contribution in [3.8, 4) is 0 Å². The lowest BCUT2D eigenvalue weighted by Gasteiger charge is -2.12. The maximum absolute atomic E-state index is 10.9. The first-order valence-electron chi connectivity index (χ1n) is 5.94. The van der Waals surface area contributed by atoms with Gasteiger partial charge in [0.05, 0.1) is 17.6 Å². The molecule has 1 unspecified atom stereocenters. The summed E-state index contributed by atoms with van der Waals surface area (Å²) in [4.78, 5) is 10.4. The number of aliphatic hydroxyl groups excluding tert-OH is 2. The van der Waals surface area contributed by atoms with E-state index >= 15 is 0 Å². The van der Waals surface area contributed by atoms with E-state index in [1.165, 1.54) is 29.5 Å². The van der Waals surface area contributed by atoms with Crippen LogP contribution in [0.2, 0.25) is 0 Å². The lowest BCUT2D eigenvalue weighted by Crippen LogP contribution is -2.12. The molecule has 106 valence electrons. The van der Waals surface area contributed by atoms with Crippen molar-refractivity contribution in [2.45, 2.75) is 12.7 Å². The number of aliphatic hydroxyl groups is 2. The summed E-state index contributed by atoms with van der Waals surface area (Å²) in [6.07, 6.45) is -0.737. The van der Waals surface area contributed by atoms with Gasteiger partial charge in [0.15, 0.2) is 0 Å². The van der Waals surface area contributed by atoms with Gasteiger partial charge in [-0.3, -0.25) is 10.1 Å². The van der Waals surface area contributed by atoms with Gasteiger partial charge < -0.3 is 15.5 Å². The van der Waals surface area contributed by atoms with Crippen molar-refractivity contribution in [2.75, 3.05) is 11.9 Å². The van der Waals surface area contributed by atoms with Gasteiger partial charge in [0.2, 0.25) is 0 Å². The maximum atomic E-state index is 10.9. The summed E-state index contributed by atoms with van der Waals surface area (Å²) in [6.45, 7) is -0.0355. The quantitative estimate of drug-likeness (QED) is 0.561. The Hall–Kier alpha value is -1.96. The Morgan fingerprint density at radius 2 is 2.20 bits per heavy atom. The van der Waals surface area contributed by atoms with Crippen molar-refractivity contribution >= 4 is 22.7 Å². The zero-order valence-corrected chi connectivity index (χ0v) is 11.3. The number of rotatable bonds is 6. The first-order chi connectivity index (χ1) is 9.61. The average Bonchev–Trinajstić information content (AvgIpc) is 2.98. The molecule has 0 spiro atoms. The zero-order chi connectivity index (χ0) is 14.5. The summed E-state index contributed by atoms with van der Waals surface area (Å²) in [7, 11) is 0. The van der Waals surface area contributed by atoms with Crippen LogP contribution in [0.25, 0.3) is 0 Å². The van der Waals surface area contributed by atoms with Crippen LogP contribution in [0.3, 0.4) is 0 Å². The molecule has 6 nitrogen and oxygen atoms in total. The predicted molar refractivity (Wildman–Crippen MR) is 76.8 cm³/mol. The SMILES string of the molecule is O=[N+]([O-])c1ccc(CO)cc1NCC(O)c1ccsc1. The Kier molecular flexibility index (Phi) is 4.67. The summed E-state index contributed by atoms with van der Waals surface area (Å²) >= 11 is 1.47. The molecule has 0 saturated carbocycles. The van der Waals surface area contributed by atoms with E-state index in [0.717, 1.165) is 5.56 Å². The van der Waals surface area contributed by atoms with Crippen molar-refractivity contribution in [1.82, 2.24) is 0 Å². The topological polar surface area (TPSA) is 95.6 Å². The first-order valence-corrected chi connectivity index (χ1v) is 6.88. The van der Waals surface area contributed by atoms with E-state index < -0.39 is 11.0 Å². The molecule has 1 aromatic carbocycles. The highest BCUT2D eigenvalue weighted by atomic mass is 32.1. The van der Waals surface area contributed by atoms with Crippen LogP contribution in [-0.4, -0.2) is 21.7 Å². The van der Waals surface area contributed by atoms with Crippen LogP contribution in [0.15, 0.2) is 35.0 Å². The van der Waals surface area contributed by atoms with Crippen molar-refractivity contribution in [1.29, 1.82) is 0 Å². The van der Waals surface area contributed by atoms with Crippen LogP contribution in [0.4, 0.5) is 11.4 Å². The molecule has 0 aliphatic rings. The van der Waals surface area contributed by atoms with E-state index in [1.54, 1.807) is 6.07 Å². The molecular formula is C13H14N2O4S. The fraction of sp³-hybridized carbons (Fsp3) is 0.231. The highest BCUT2D eigenvalue weighted by Gasteiger charge is 2.15. The van der Waals surface area contributed by atoms with Crippen molar-refractivity contribution in [3.05, 3.63) is 56.3 Å². The van der Waals surface area contributed by atoms with Gasteiger partial charge in [0.1, 0.15) is 5.69 Å². The number of nitrogens with zero attached hydrogens (tertiary/aromatic N) is 1. The number of hydrogen-bond acceptors (Lipinski definition) is 6. The largest absolute Gasteiger partial charge is 0.392 e. The summed E-state index contributed by atoms with van der Waals surface area (Å²) in [5, 5.41) is 36.5. The lowest BCUT2D eigenvalue weighted by atomic mass is 10.1. The monoisotopic (exact) mass is 294 g/mol. The number of nitro groups is 1. The van der Waals surface area contributed by atoms with Gasteiger partial charge in [-0.25, -0.2) is 0 Å². The highest BCUT2D eigenvalue weighted by molar-refractivity contribution is 7.07. The molecule has 20 heavy (non-hydrogen) atoms. The molecule has 0 aliphatic heterocycles. The van der Waals surface area contributed by atoms with E-state index in [0.29, 0.717) is 5.56 Å². The van der Waals surface area contributed by atoms with Gasteiger partial charge in [0, 0.05) is 12.6 Å². The van der Waals surface area contributed by atoms with E-state index in [1.807, 2.05) is 10.8 Å². The molecule has 0 saturated heterocycles. The van der Waals surface area contributed by atoms with Crippen LogP contribution in [0.1, 0.15) is 17.2 Å². The minimum Gasteiger partial charge on any atom is -0.392 e. The van der Waals surface area contributed by atoms with Gasteiger partial charge in [-0.05, 0) is 40.1 Å². The van der Waals surface area contributed by atoms with Gasteiger partial charge in [-0.1, -0.05) is 0 Å². The smallest absolute Gasteiger partial charge is 0.292 e. The lowest BCUT2D eigenvalue weighted by molar-refractivity contribution is -0.384. The normalized spacial score (nSPS) is 12.1. The number of hydrogen-bond donors (Lipinski definition) is 3. The summed E-state index contributed by atoms with van der Waals surface area (Å²) in [6, 6.07) is 6.15. The predicted octanol–water partition coefficient (Wildman–Crippen LogP) is 2.29. The first kappa shape index (κ1) is 14.4. The Bertz CT molecular complexity index is 586. The van der Waals surface area contributed by atoms with Crippen molar-refractivity contribution in [3.63, 3.8) is 0 Å². The second kappa shape index (κ2) is 6.47. The third-order valence-electron chi connectivity index (χ3n) is 2.85. The highest BCUT2D eigenvalue weighted by Crippen LogP contribution is 2.26. The summed E-state index contributed by atoms with van der Waals surface area (Å²) < 4.78 is 0. The molecule has 0 amide bonds. The van der Waals surface area contributed by atoms with Crippen LogP contribution in [0, 0.1) is 10.1 Å². The third-order valence-corrected chi connectivity index (χ3v) is 3.56. The van der Waals surface area contributed by atoms with Crippen molar-refractivity contribution < 1.29 is 15.1 Å². The Balaban J connectivity index is 2.13. The second-order valence-electron chi connectivity index (χ2n) is 4.22. The molecule has 1 aromatic heterocycles. The van der Waals surface area contributed by atoms with Gasteiger partial charge >= 0.3 is 0 Å². The molecule has 1 heterocycles. The maximum Gasteiger partial charge on any atom is 0.292 e. The van der Waals surface area contributed by atoms with E-state index in [2.05, 4.69) is 5.32 Å². The number of nitrogens with one attached hydrogen (secondary N) is 1. The Labute approximate surface area is 119 Å². The average molecular weight is 294 g/mol. The zero-order valence-electron chi connectivity index (χ0n) is 10.5. The van der Waals surface area contributed by atoms with E-state index in [9.17, 15) is 15.2 Å². The minimum absolute atomic E-state index is 0.0836. The molecule has 7 heteroatoms. The molecule has 0 fully saturated rings. The standard InChI is InChI=1S/C13H14N2O4S/c16-7-9-1-2-12(15(18)19)11(5-9)14-6-13(17)10-3-4-20-8-10/h1-5,8,13-14,16-17H,6-7H2. The summed E-state index contributed by atoms with van der Waals surface area (Å²) in [5.41, 5.74) is 1.54. The van der Waals surface area contributed by atoms with Gasteiger partial charge in [-0.15, -0.1) is 0 Å². The third kappa shape index (κ3) is 3.32. The molecule has 1 atom stereocenters. The number of thiophene rings is 1. The van der Waals surface area contributed by atoms with E-state index in [-0.39, 0.29) is 24.5 Å². The fourth-order valence-electron chi connectivity index (χ4n) is 1.77. The molecule has 2 aromatic rings. The summed E-state index contributed by atoms with van der Waals surface area (Å²) in [5.74, 6) is 0. The number of anilines is 1. The van der Waals surface area contributed by atoms with Crippen LogP contribution in [0.5, 0.6) is 0 Å². The van der Waals surface area contributed by atoms with Crippen LogP contribution < -0.4 is 5.32 Å². The van der Waals surface area contributed by atoms with Gasteiger partial charge in [-0.2, -0.15) is 11.3 Å². The minimum atomic E-state index is -0.737. The molecular weight excluding hydrogens is 280 g/mol. The number of nitro benzene ring substituents is 1. The molecule has 2 rings (SSSR count). The Morgan fingerprint density at radius 1 is 1.40 bits per heavy atom. The van der Waals surface area contributed by atoms with Crippen LogP contribution in [-0.2, 0) is 6.61 Å². The van der Waals surface area contributed by atoms with E-state index in [4.69, 9.17) is 5.11 Å². The van der Waals surface area contributed by atoms with Crippen LogP contribution >= 0.6 is 11.3 Å². The van der Waals surface area contributed by atoms with Crippen molar-refractivity contribution in [2.24, 2.45) is 0 Å². The Morgan fingerprint density at radius 3 is 2.80 bits per heavy atom. The molecule has 0 radical (unpaired) electrons. The fourth-order valence-corrected chi connectivity index (χ4v) is 2.48. The molecule has 3 N–H and O–H groups in total. The molecule has 0 bridgehead atoms. The number of benzene rings is 1. The van der Waals surface area contributed by atoms with Gasteiger partial charge in [0.25, 0.3) is 5.69 Å².